The summed E-state index contributed by atoms with van der Waals surface area (Å²) in [5, 5.41) is 10.4. The first-order valence-corrected chi connectivity index (χ1v) is 5.54. The van der Waals surface area contributed by atoms with Crippen LogP contribution in [0.3, 0.4) is 0 Å². The minimum Gasteiger partial charge on any atom is -0.306 e. The van der Waals surface area contributed by atoms with Gasteiger partial charge in [-0.15, -0.1) is 0 Å². The molecule has 0 amide bonds. The summed E-state index contributed by atoms with van der Waals surface area (Å²) in [6.07, 6.45) is 1.88. The van der Waals surface area contributed by atoms with Gasteiger partial charge in [-0.2, -0.15) is 5.10 Å². The third-order valence-corrected chi connectivity index (χ3v) is 2.83. The molecule has 0 fully saturated rings. The molecule has 0 spiro atoms. The molecule has 16 heavy (non-hydrogen) atoms. The zero-order chi connectivity index (χ0) is 11.4. The molecule has 3 nitrogen and oxygen atoms in total. The Balaban J connectivity index is 1.94. The SMILES string of the molecule is Cc1[nH]ncc1CN[C@H](C)c1ccccc1. The van der Waals surface area contributed by atoms with Crippen LogP contribution in [0.1, 0.15) is 29.8 Å². The number of benzene rings is 1. The van der Waals surface area contributed by atoms with Crippen molar-refractivity contribution in [2.75, 3.05) is 0 Å². The summed E-state index contributed by atoms with van der Waals surface area (Å²) in [4.78, 5) is 0. The Hall–Kier alpha value is -1.61. The number of rotatable bonds is 4. The quantitative estimate of drug-likeness (QED) is 0.823. The van der Waals surface area contributed by atoms with Crippen molar-refractivity contribution >= 4 is 0 Å². The van der Waals surface area contributed by atoms with Gasteiger partial charge in [-0.3, -0.25) is 5.10 Å². The predicted molar refractivity (Wildman–Crippen MR) is 65.0 cm³/mol. The van der Waals surface area contributed by atoms with Crippen LogP contribution in [0.4, 0.5) is 0 Å². The van der Waals surface area contributed by atoms with Gasteiger partial charge in [0.15, 0.2) is 0 Å². The van der Waals surface area contributed by atoms with Crippen molar-refractivity contribution in [1.29, 1.82) is 0 Å². The van der Waals surface area contributed by atoms with Crippen molar-refractivity contribution in [2.45, 2.75) is 26.4 Å². The summed E-state index contributed by atoms with van der Waals surface area (Å²) in [7, 11) is 0. The van der Waals surface area contributed by atoms with E-state index in [9.17, 15) is 0 Å². The molecule has 3 heteroatoms. The number of aryl methyl sites for hydroxylation is 1. The average molecular weight is 215 g/mol. The van der Waals surface area contributed by atoms with Crippen LogP contribution in [-0.2, 0) is 6.54 Å². The number of H-pyrrole nitrogens is 1. The Morgan fingerprint density at radius 2 is 2.06 bits per heavy atom. The monoisotopic (exact) mass is 215 g/mol. The van der Waals surface area contributed by atoms with Gasteiger partial charge in [-0.1, -0.05) is 30.3 Å². The molecule has 0 bridgehead atoms. The molecule has 0 radical (unpaired) electrons. The van der Waals surface area contributed by atoms with Crippen LogP contribution in [-0.4, -0.2) is 10.2 Å². The van der Waals surface area contributed by atoms with Gasteiger partial charge < -0.3 is 5.32 Å². The van der Waals surface area contributed by atoms with Crippen LogP contribution in [0.25, 0.3) is 0 Å². The maximum absolute atomic E-state index is 4.01. The lowest BCUT2D eigenvalue weighted by Gasteiger charge is -2.13. The molecule has 0 aliphatic rings. The molecule has 1 aromatic carbocycles. The first-order chi connectivity index (χ1) is 7.77. The highest BCUT2D eigenvalue weighted by Crippen LogP contribution is 2.12. The van der Waals surface area contributed by atoms with Crippen LogP contribution < -0.4 is 5.32 Å². The molecular formula is C13H17N3. The maximum Gasteiger partial charge on any atom is 0.0535 e. The average Bonchev–Trinajstić information content (AvgIpc) is 2.73. The highest BCUT2D eigenvalue weighted by molar-refractivity contribution is 5.19. The molecule has 1 aromatic heterocycles. The van der Waals surface area contributed by atoms with E-state index in [2.05, 4.69) is 46.7 Å². The van der Waals surface area contributed by atoms with Gasteiger partial charge in [-0.25, -0.2) is 0 Å². The number of aromatic amines is 1. The van der Waals surface area contributed by atoms with E-state index < -0.39 is 0 Å². The van der Waals surface area contributed by atoms with Crippen LogP contribution in [0.5, 0.6) is 0 Å². The lowest BCUT2D eigenvalue weighted by atomic mass is 10.1. The van der Waals surface area contributed by atoms with Crippen LogP contribution in [0.2, 0.25) is 0 Å². The zero-order valence-corrected chi connectivity index (χ0v) is 9.70. The Morgan fingerprint density at radius 3 is 2.69 bits per heavy atom. The van der Waals surface area contributed by atoms with Gasteiger partial charge in [0.25, 0.3) is 0 Å². The molecule has 0 aliphatic carbocycles. The van der Waals surface area contributed by atoms with Crippen molar-refractivity contribution in [3.05, 3.63) is 53.3 Å². The number of nitrogens with zero attached hydrogens (tertiary/aromatic N) is 1. The predicted octanol–water partition coefficient (Wildman–Crippen LogP) is 2.57. The highest BCUT2D eigenvalue weighted by atomic mass is 15.1. The number of nitrogens with one attached hydrogen (secondary N) is 2. The number of aromatic nitrogens is 2. The van der Waals surface area contributed by atoms with Gasteiger partial charge in [0.1, 0.15) is 0 Å². The molecular weight excluding hydrogens is 198 g/mol. The third-order valence-electron chi connectivity index (χ3n) is 2.83. The molecule has 1 heterocycles. The minimum absolute atomic E-state index is 0.357. The van der Waals surface area contributed by atoms with E-state index in [1.54, 1.807) is 0 Å². The zero-order valence-electron chi connectivity index (χ0n) is 9.70. The molecule has 0 saturated carbocycles. The number of hydrogen-bond acceptors (Lipinski definition) is 2. The summed E-state index contributed by atoms with van der Waals surface area (Å²) in [5.74, 6) is 0. The van der Waals surface area contributed by atoms with Crippen molar-refractivity contribution in [2.24, 2.45) is 0 Å². The largest absolute Gasteiger partial charge is 0.306 e. The first-order valence-electron chi connectivity index (χ1n) is 5.54. The topological polar surface area (TPSA) is 40.7 Å². The van der Waals surface area contributed by atoms with E-state index in [1.807, 2.05) is 19.2 Å². The Morgan fingerprint density at radius 1 is 1.31 bits per heavy atom. The van der Waals surface area contributed by atoms with Crippen LogP contribution in [0, 0.1) is 6.92 Å². The van der Waals surface area contributed by atoms with Gasteiger partial charge >= 0.3 is 0 Å². The summed E-state index contributed by atoms with van der Waals surface area (Å²) in [6.45, 7) is 5.06. The molecule has 0 saturated heterocycles. The first kappa shape index (κ1) is 10.9. The van der Waals surface area contributed by atoms with E-state index in [1.165, 1.54) is 11.1 Å². The lowest BCUT2D eigenvalue weighted by molar-refractivity contribution is 0.573. The second kappa shape index (κ2) is 4.94. The van der Waals surface area contributed by atoms with E-state index in [0.717, 1.165) is 12.2 Å². The molecule has 1 atom stereocenters. The summed E-state index contributed by atoms with van der Waals surface area (Å²) >= 11 is 0. The standard InChI is InChI=1S/C13H17N3/c1-10(12-6-4-3-5-7-12)14-8-13-9-15-16-11(13)2/h3-7,9-10,14H,8H2,1-2H3,(H,15,16)/t10-/m1/s1. The van der Waals surface area contributed by atoms with Gasteiger partial charge in [-0.05, 0) is 19.4 Å². The molecule has 2 aromatic rings. The van der Waals surface area contributed by atoms with Crippen LogP contribution >= 0.6 is 0 Å². The molecule has 2 rings (SSSR count). The smallest absolute Gasteiger partial charge is 0.0535 e. The molecule has 0 aliphatic heterocycles. The summed E-state index contributed by atoms with van der Waals surface area (Å²) in [5.41, 5.74) is 3.67. The lowest BCUT2D eigenvalue weighted by Crippen LogP contribution is -2.18. The summed E-state index contributed by atoms with van der Waals surface area (Å²) in [6, 6.07) is 10.8. The van der Waals surface area contributed by atoms with Crippen molar-refractivity contribution in [3.63, 3.8) is 0 Å². The van der Waals surface area contributed by atoms with E-state index in [0.29, 0.717) is 6.04 Å². The van der Waals surface area contributed by atoms with Crippen molar-refractivity contribution < 1.29 is 0 Å². The second-order valence-corrected chi connectivity index (χ2v) is 4.03. The Kier molecular flexibility index (Phi) is 3.37. The fraction of sp³-hybridized carbons (Fsp3) is 0.308. The van der Waals surface area contributed by atoms with Gasteiger partial charge in [0.2, 0.25) is 0 Å². The third kappa shape index (κ3) is 2.49. The normalized spacial score (nSPS) is 12.6. The fourth-order valence-electron chi connectivity index (χ4n) is 1.68. The Bertz CT molecular complexity index is 433. The Labute approximate surface area is 95.9 Å². The van der Waals surface area contributed by atoms with E-state index in [4.69, 9.17) is 0 Å². The molecule has 84 valence electrons. The van der Waals surface area contributed by atoms with Crippen molar-refractivity contribution in [1.82, 2.24) is 15.5 Å². The van der Waals surface area contributed by atoms with Crippen molar-refractivity contribution in [3.8, 4) is 0 Å². The minimum atomic E-state index is 0.357. The van der Waals surface area contributed by atoms with E-state index >= 15 is 0 Å². The number of hydrogen-bond donors (Lipinski definition) is 2. The second-order valence-electron chi connectivity index (χ2n) is 4.03. The van der Waals surface area contributed by atoms with Gasteiger partial charge in [0.05, 0.1) is 6.20 Å². The molecule has 0 unspecified atom stereocenters. The fourth-order valence-corrected chi connectivity index (χ4v) is 1.68. The highest BCUT2D eigenvalue weighted by Gasteiger charge is 2.05. The molecule has 2 N–H and O–H groups in total. The van der Waals surface area contributed by atoms with E-state index in [-0.39, 0.29) is 0 Å². The summed E-state index contributed by atoms with van der Waals surface area (Å²) < 4.78 is 0. The van der Waals surface area contributed by atoms with Gasteiger partial charge in [0, 0.05) is 23.8 Å². The van der Waals surface area contributed by atoms with Crippen LogP contribution in [0.15, 0.2) is 36.5 Å². The maximum atomic E-state index is 4.01.